The van der Waals surface area contributed by atoms with Crippen LogP contribution in [-0.2, 0) is 7.05 Å². The van der Waals surface area contributed by atoms with E-state index < -0.39 is 0 Å². The summed E-state index contributed by atoms with van der Waals surface area (Å²) < 4.78 is 20.8. The molecule has 0 atom stereocenters. The molecule has 2 aromatic heterocycles. The predicted octanol–water partition coefficient (Wildman–Crippen LogP) is 4.70. The summed E-state index contributed by atoms with van der Waals surface area (Å²) in [5, 5.41) is 5.57. The monoisotopic (exact) mass is 381 g/mol. The number of methoxy groups -OCH3 is 1. The lowest BCUT2D eigenvalue weighted by atomic mass is 10.2. The van der Waals surface area contributed by atoms with E-state index in [1.54, 1.807) is 36.9 Å². The first-order valence-electron chi connectivity index (χ1n) is 8.22. The number of fused-ring (bicyclic) bond motifs is 1. The van der Waals surface area contributed by atoms with E-state index in [0.717, 1.165) is 17.0 Å². The summed E-state index contributed by atoms with van der Waals surface area (Å²) in [7, 11) is 3.35. The first kappa shape index (κ1) is 17.2. The second kappa shape index (κ2) is 6.85. The van der Waals surface area contributed by atoms with Gasteiger partial charge in [-0.15, -0.1) is 11.3 Å². The Morgan fingerprint density at radius 3 is 2.70 bits per heavy atom. The molecule has 0 saturated heterocycles. The van der Waals surface area contributed by atoms with Crippen LogP contribution in [0.1, 0.15) is 10.5 Å². The van der Waals surface area contributed by atoms with Gasteiger partial charge in [-0.1, -0.05) is 6.07 Å². The first-order valence-corrected chi connectivity index (χ1v) is 9.10. The molecule has 0 unspecified atom stereocenters. The molecule has 0 aliphatic rings. The molecule has 4 aromatic rings. The molecule has 0 aliphatic carbocycles. The number of hydrogen-bond acceptors (Lipinski definition) is 4. The average molecular weight is 381 g/mol. The lowest BCUT2D eigenvalue weighted by molar-refractivity contribution is 0.101. The molecular weight excluding hydrogens is 365 g/mol. The fourth-order valence-corrected chi connectivity index (χ4v) is 3.64. The normalized spacial score (nSPS) is 10.9. The van der Waals surface area contributed by atoms with Crippen molar-refractivity contribution in [1.29, 1.82) is 0 Å². The van der Waals surface area contributed by atoms with Gasteiger partial charge < -0.3 is 9.30 Å². The Bertz CT molecular complexity index is 1130. The Morgan fingerprint density at radius 2 is 2.00 bits per heavy atom. The highest BCUT2D eigenvalue weighted by Gasteiger charge is 2.17. The minimum Gasteiger partial charge on any atom is -0.497 e. The fraction of sp³-hybridized carbons (Fsp3) is 0.100. The van der Waals surface area contributed by atoms with E-state index in [-0.39, 0.29) is 11.7 Å². The zero-order valence-corrected chi connectivity index (χ0v) is 15.5. The van der Waals surface area contributed by atoms with Crippen LogP contribution in [0.5, 0.6) is 5.75 Å². The lowest BCUT2D eigenvalue weighted by Gasteiger charge is -2.04. The highest BCUT2D eigenvalue weighted by Crippen LogP contribution is 2.27. The van der Waals surface area contributed by atoms with Crippen LogP contribution in [0.2, 0.25) is 0 Å². The van der Waals surface area contributed by atoms with E-state index in [1.165, 1.54) is 17.4 Å². The summed E-state index contributed by atoms with van der Waals surface area (Å²) in [5.74, 6) is 0.0902. The van der Waals surface area contributed by atoms with E-state index in [4.69, 9.17) is 4.74 Å². The van der Waals surface area contributed by atoms with Gasteiger partial charge in [0.15, 0.2) is 5.13 Å². The van der Waals surface area contributed by atoms with Crippen molar-refractivity contribution in [3.05, 3.63) is 65.4 Å². The molecule has 0 spiro atoms. The molecule has 1 N–H and O–H groups in total. The Labute approximate surface area is 159 Å². The molecule has 0 saturated carbocycles. The molecule has 0 aliphatic heterocycles. The number of hydrogen-bond donors (Lipinski definition) is 1. The summed E-state index contributed by atoms with van der Waals surface area (Å²) in [6, 6.07) is 13.9. The molecule has 27 heavy (non-hydrogen) atoms. The minimum atomic E-state index is -0.349. The van der Waals surface area contributed by atoms with Crippen LogP contribution in [-0.4, -0.2) is 22.6 Å². The maximum atomic E-state index is 14.0. The molecule has 5 nitrogen and oxygen atoms in total. The molecule has 0 fully saturated rings. The van der Waals surface area contributed by atoms with Crippen LogP contribution in [0.25, 0.3) is 22.2 Å². The van der Waals surface area contributed by atoms with Gasteiger partial charge in [0, 0.05) is 23.4 Å². The van der Waals surface area contributed by atoms with Crippen molar-refractivity contribution in [3.8, 4) is 17.0 Å². The smallest absolute Gasteiger partial charge is 0.274 e. The fourth-order valence-electron chi connectivity index (χ4n) is 2.93. The summed E-state index contributed by atoms with van der Waals surface area (Å²) in [6.07, 6.45) is 0. The van der Waals surface area contributed by atoms with Crippen molar-refractivity contribution >= 4 is 33.3 Å². The molecule has 4 rings (SSSR count). The van der Waals surface area contributed by atoms with Crippen LogP contribution in [0.3, 0.4) is 0 Å². The second-order valence-electron chi connectivity index (χ2n) is 5.98. The summed E-state index contributed by atoms with van der Waals surface area (Å²) >= 11 is 1.34. The lowest BCUT2D eigenvalue weighted by Crippen LogP contribution is -2.15. The number of anilines is 1. The number of benzene rings is 2. The number of carbonyl (C=O) groups excluding carboxylic acids is 1. The zero-order valence-electron chi connectivity index (χ0n) is 14.7. The first-order chi connectivity index (χ1) is 13.1. The van der Waals surface area contributed by atoms with Crippen LogP contribution in [0, 0.1) is 5.82 Å². The highest BCUT2D eigenvalue weighted by molar-refractivity contribution is 7.14. The largest absolute Gasteiger partial charge is 0.497 e. The van der Waals surface area contributed by atoms with Crippen molar-refractivity contribution in [3.63, 3.8) is 0 Å². The quantitative estimate of drug-likeness (QED) is 0.557. The van der Waals surface area contributed by atoms with Gasteiger partial charge in [0.2, 0.25) is 0 Å². The van der Waals surface area contributed by atoms with Crippen molar-refractivity contribution in [2.75, 3.05) is 12.4 Å². The van der Waals surface area contributed by atoms with E-state index in [2.05, 4.69) is 10.3 Å². The molecule has 0 radical (unpaired) electrons. The van der Waals surface area contributed by atoms with Crippen molar-refractivity contribution in [1.82, 2.24) is 9.55 Å². The van der Waals surface area contributed by atoms with Gasteiger partial charge in [-0.25, -0.2) is 9.37 Å². The number of aryl methyl sites for hydroxylation is 1. The molecule has 2 heterocycles. The minimum absolute atomic E-state index is 0.330. The number of halogens is 1. The van der Waals surface area contributed by atoms with Gasteiger partial charge in [-0.2, -0.15) is 0 Å². The number of carbonyl (C=O) groups is 1. The summed E-state index contributed by atoms with van der Waals surface area (Å²) in [6.45, 7) is 0. The van der Waals surface area contributed by atoms with Crippen molar-refractivity contribution in [2.45, 2.75) is 0 Å². The van der Waals surface area contributed by atoms with E-state index >= 15 is 0 Å². The third-order valence-corrected chi connectivity index (χ3v) is 5.13. The number of rotatable bonds is 4. The predicted molar refractivity (Wildman–Crippen MR) is 105 cm³/mol. The molecule has 7 heteroatoms. The third kappa shape index (κ3) is 3.17. The third-order valence-electron chi connectivity index (χ3n) is 4.38. The Kier molecular flexibility index (Phi) is 4.37. The van der Waals surface area contributed by atoms with E-state index in [1.807, 2.05) is 29.6 Å². The van der Waals surface area contributed by atoms with Crippen LogP contribution in [0.15, 0.2) is 53.9 Å². The van der Waals surface area contributed by atoms with Gasteiger partial charge in [-0.05, 0) is 42.5 Å². The second-order valence-corrected chi connectivity index (χ2v) is 6.84. The Balaban J connectivity index is 1.58. The topological polar surface area (TPSA) is 56.1 Å². The number of nitrogens with one attached hydrogen (secondary N) is 1. The SMILES string of the molecule is COc1ccc(-c2csc(NC(=O)c3cc4c(F)cccc4n3C)n2)cc1. The highest BCUT2D eigenvalue weighted by atomic mass is 32.1. The number of aromatic nitrogens is 2. The zero-order chi connectivity index (χ0) is 19.0. The maximum Gasteiger partial charge on any atom is 0.274 e. The molecule has 1 amide bonds. The van der Waals surface area contributed by atoms with Crippen molar-refractivity contribution in [2.24, 2.45) is 7.05 Å². The number of thiazole rings is 1. The van der Waals surface area contributed by atoms with Gasteiger partial charge in [0.1, 0.15) is 17.3 Å². The average Bonchev–Trinajstić information content (AvgIpc) is 3.28. The Morgan fingerprint density at radius 1 is 1.22 bits per heavy atom. The van der Waals surface area contributed by atoms with Crippen molar-refractivity contribution < 1.29 is 13.9 Å². The van der Waals surface area contributed by atoms with Crippen LogP contribution >= 0.6 is 11.3 Å². The summed E-state index contributed by atoms with van der Waals surface area (Å²) in [5.41, 5.74) is 2.73. The van der Waals surface area contributed by atoms with Crippen LogP contribution < -0.4 is 10.1 Å². The summed E-state index contributed by atoms with van der Waals surface area (Å²) in [4.78, 5) is 17.1. The van der Waals surface area contributed by atoms with E-state index in [9.17, 15) is 9.18 Å². The van der Waals surface area contributed by atoms with Gasteiger partial charge in [0.25, 0.3) is 5.91 Å². The molecule has 2 aromatic carbocycles. The van der Waals surface area contributed by atoms with Gasteiger partial charge >= 0.3 is 0 Å². The molecular formula is C20H16FN3O2S. The van der Waals surface area contributed by atoms with E-state index in [0.29, 0.717) is 21.7 Å². The Hall–Kier alpha value is -3.19. The van der Waals surface area contributed by atoms with Gasteiger partial charge in [0.05, 0.1) is 18.3 Å². The molecule has 0 bridgehead atoms. The number of nitrogens with zero attached hydrogens (tertiary/aromatic N) is 2. The molecule has 136 valence electrons. The maximum absolute atomic E-state index is 14.0. The number of ether oxygens (including phenoxy) is 1. The standard InChI is InChI=1S/C20H16FN3O2S/c1-24-17-5-3-4-15(21)14(17)10-18(24)19(25)23-20-22-16(11-27-20)12-6-8-13(26-2)9-7-12/h3-11H,1-2H3,(H,22,23,25). The number of amides is 1. The van der Waals surface area contributed by atoms with Gasteiger partial charge in [-0.3, -0.25) is 10.1 Å². The van der Waals surface area contributed by atoms with Crippen LogP contribution in [0.4, 0.5) is 9.52 Å².